The van der Waals surface area contributed by atoms with E-state index in [4.69, 9.17) is 4.74 Å². The molecule has 0 atom stereocenters. The Kier molecular flexibility index (Phi) is 6.18. The maximum Gasteiger partial charge on any atom is 0.256 e. The molecule has 3 aromatic rings. The van der Waals surface area contributed by atoms with Gasteiger partial charge in [0, 0.05) is 12.6 Å². The highest BCUT2D eigenvalue weighted by atomic mass is 16.5. The van der Waals surface area contributed by atoms with E-state index in [0.717, 1.165) is 29.2 Å². The van der Waals surface area contributed by atoms with Gasteiger partial charge in [0.15, 0.2) is 0 Å². The van der Waals surface area contributed by atoms with Crippen molar-refractivity contribution in [1.82, 2.24) is 15.0 Å². The number of hydrogen-bond donors (Lipinski definition) is 3. The maximum absolute atomic E-state index is 10.4. The molecule has 1 aliphatic rings. The lowest BCUT2D eigenvalue weighted by atomic mass is 10.1. The third-order valence-corrected chi connectivity index (χ3v) is 5.29. The Morgan fingerprint density at radius 2 is 1.74 bits per heavy atom. The fourth-order valence-electron chi connectivity index (χ4n) is 3.65. The zero-order chi connectivity index (χ0) is 21.8. The molecule has 8 nitrogen and oxygen atoms in total. The number of benzene rings is 2. The highest BCUT2D eigenvalue weighted by Crippen LogP contribution is 2.24. The van der Waals surface area contributed by atoms with Gasteiger partial charge in [-0.15, -0.1) is 0 Å². The lowest BCUT2D eigenvalue weighted by Crippen LogP contribution is -2.30. The first-order valence-corrected chi connectivity index (χ1v) is 10.5. The van der Waals surface area contributed by atoms with Crippen molar-refractivity contribution in [3.05, 3.63) is 65.2 Å². The van der Waals surface area contributed by atoms with Gasteiger partial charge in [-0.2, -0.15) is 15.0 Å². The summed E-state index contributed by atoms with van der Waals surface area (Å²) in [5.41, 5.74) is 3.72. The molecule has 0 aliphatic heterocycles. The van der Waals surface area contributed by atoms with Crippen LogP contribution in [0.25, 0.3) is 0 Å². The van der Waals surface area contributed by atoms with Crippen molar-refractivity contribution >= 4 is 17.8 Å². The summed E-state index contributed by atoms with van der Waals surface area (Å²) >= 11 is 0. The van der Waals surface area contributed by atoms with E-state index in [1.807, 2.05) is 38.1 Å². The third kappa shape index (κ3) is 5.03. The molecule has 2 aromatic carbocycles. The van der Waals surface area contributed by atoms with Gasteiger partial charge in [0.1, 0.15) is 5.75 Å². The number of methoxy groups -OCH3 is 1. The lowest BCUT2D eigenvalue weighted by Gasteiger charge is -2.21. The summed E-state index contributed by atoms with van der Waals surface area (Å²) in [5, 5.41) is 18.1. The molecular weight excluding hydrogens is 392 g/mol. The van der Waals surface area contributed by atoms with E-state index in [-0.39, 0.29) is 18.0 Å². The number of hydroxylamine groups is 1. The van der Waals surface area contributed by atoms with Crippen LogP contribution in [0.4, 0.5) is 17.8 Å². The van der Waals surface area contributed by atoms with E-state index in [2.05, 4.69) is 49.9 Å². The summed E-state index contributed by atoms with van der Waals surface area (Å²) in [5.74, 6) is 1.83. The summed E-state index contributed by atoms with van der Waals surface area (Å²) in [4.78, 5) is 13.4. The lowest BCUT2D eigenvalue weighted by molar-refractivity contribution is 0.222. The molecule has 0 unspecified atom stereocenters. The predicted molar refractivity (Wildman–Crippen MR) is 121 cm³/mol. The molecule has 31 heavy (non-hydrogen) atoms. The van der Waals surface area contributed by atoms with Gasteiger partial charge >= 0.3 is 0 Å². The summed E-state index contributed by atoms with van der Waals surface area (Å²) < 4.78 is 5.29. The smallest absolute Gasteiger partial charge is 0.256 e. The Morgan fingerprint density at radius 1 is 1.03 bits per heavy atom. The SMILES string of the molecule is COc1cccc(CNc2nc(NC3Cc4ccccc4C3)nc(N(O)C(C)C)n2)c1. The van der Waals surface area contributed by atoms with Gasteiger partial charge in [-0.3, -0.25) is 5.21 Å². The zero-order valence-corrected chi connectivity index (χ0v) is 18.0. The molecule has 0 saturated heterocycles. The fourth-order valence-corrected chi connectivity index (χ4v) is 3.65. The highest BCUT2D eigenvalue weighted by molar-refractivity contribution is 5.45. The predicted octanol–water partition coefficient (Wildman–Crippen LogP) is 3.68. The molecule has 0 amide bonds. The number of aromatic nitrogens is 3. The van der Waals surface area contributed by atoms with Crippen LogP contribution in [-0.4, -0.2) is 39.4 Å². The largest absolute Gasteiger partial charge is 0.497 e. The van der Waals surface area contributed by atoms with E-state index in [1.54, 1.807) is 7.11 Å². The van der Waals surface area contributed by atoms with Crippen LogP contribution < -0.4 is 20.4 Å². The van der Waals surface area contributed by atoms with Gasteiger partial charge in [-0.1, -0.05) is 36.4 Å². The van der Waals surface area contributed by atoms with Crippen molar-refractivity contribution in [3.8, 4) is 5.75 Å². The molecule has 0 bridgehead atoms. The Bertz CT molecular complexity index is 1020. The van der Waals surface area contributed by atoms with E-state index >= 15 is 0 Å². The van der Waals surface area contributed by atoms with E-state index < -0.39 is 0 Å². The van der Waals surface area contributed by atoms with Crippen molar-refractivity contribution in [1.29, 1.82) is 0 Å². The quantitative estimate of drug-likeness (QED) is 0.475. The summed E-state index contributed by atoms with van der Waals surface area (Å²) in [6.45, 7) is 4.25. The number of hydrogen-bond acceptors (Lipinski definition) is 8. The topological polar surface area (TPSA) is 95.4 Å². The highest BCUT2D eigenvalue weighted by Gasteiger charge is 2.23. The fraction of sp³-hybridized carbons (Fsp3) is 0.348. The molecule has 8 heteroatoms. The van der Waals surface area contributed by atoms with Crippen LogP contribution in [0, 0.1) is 0 Å². The van der Waals surface area contributed by atoms with Crippen LogP contribution in [0.2, 0.25) is 0 Å². The van der Waals surface area contributed by atoms with Gasteiger partial charge in [-0.05, 0) is 55.5 Å². The average molecular weight is 421 g/mol. The molecule has 1 aromatic heterocycles. The normalized spacial score (nSPS) is 13.2. The van der Waals surface area contributed by atoms with Crippen molar-refractivity contribution in [2.75, 3.05) is 22.8 Å². The van der Waals surface area contributed by atoms with E-state index in [0.29, 0.717) is 18.4 Å². The first-order valence-electron chi connectivity index (χ1n) is 10.5. The minimum absolute atomic E-state index is 0.169. The minimum Gasteiger partial charge on any atom is -0.497 e. The van der Waals surface area contributed by atoms with Crippen molar-refractivity contribution in [2.45, 2.75) is 45.3 Å². The van der Waals surface area contributed by atoms with Crippen LogP contribution >= 0.6 is 0 Å². The number of nitrogens with one attached hydrogen (secondary N) is 2. The zero-order valence-electron chi connectivity index (χ0n) is 18.0. The minimum atomic E-state index is -0.169. The standard InChI is InChI=1S/C23H28N6O2/c1-15(2)29(30)23-27-21(24-14-16-7-6-10-20(11-16)31-3)26-22(28-23)25-19-12-17-8-4-5-9-18(17)13-19/h4-11,15,19,30H,12-14H2,1-3H3,(H2,24,25,26,27,28). The summed E-state index contributed by atoms with van der Waals surface area (Å²) in [6.07, 6.45) is 1.83. The van der Waals surface area contributed by atoms with Gasteiger partial charge in [0.25, 0.3) is 5.95 Å². The second-order valence-electron chi connectivity index (χ2n) is 7.94. The first kappa shape index (κ1) is 20.9. The number of fused-ring (bicyclic) bond motifs is 1. The van der Waals surface area contributed by atoms with Gasteiger partial charge in [0.2, 0.25) is 11.9 Å². The molecule has 3 N–H and O–H groups in total. The Labute approximate surface area is 182 Å². The average Bonchev–Trinajstić information content (AvgIpc) is 3.19. The number of anilines is 3. The molecule has 1 aliphatic carbocycles. The van der Waals surface area contributed by atoms with E-state index in [1.165, 1.54) is 11.1 Å². The van der Waals surface area contributed by atoms with Crippen LogP contribution in [0.3, 0.4) is 0 Å². The number of nitrogens with zero attached hydrogens (tertiary/aromatic N) is 4. The summed E-state index contributed by atoms with van der Waals surface area (Å²) in [7, 11) is 1.64. The molecule has 4 rings (SSSR count). The van der Waals surface area contributed by atoms with Gasteiger partial charge in [0.05, 0.1) is 13.2 Å². The van der Waals surface area contributed by atoms with Gasteiger partial charge < -0.3 is 15.4 Å². The Hall–Kier alpha value is -3.39. The van der Waals surface area contributed by atoms with E-state index in [9.17, 15) is 5.21 Å². The monoisotopic (exact) mass is 420 g/mol. The van der Waals surface area contributed by atoms with Crippen LogP contribution in [0.1, 0.15) is 30.5 Å². The maximum atomic E-state index is 10.4. The second-order valence-corrected chi connectivity index (χ2v) is 7.94. The third-order valence-electron chi connectivity index (χ3n) is 5.29. The molecular formula is C23H28N6O2. The van der Waals surface area contributed by atoms with Gasteiger partial charge in [-0.25, -0.2) is 5.06 Å². The number of rotatable bonds is 8. The molecule has 162 valence electrons. The summed E-state index contributed by atoms with van der Waals surface area (Å²) in [6, 6.07) is 16.3. The van der Waals surface area contributed by atoms with Crippen LogP contribution in [0.5, 0.6) is 5.75 Å². The van der Waals surface area contributed by atoms with Crippen molar-refractivity contribution in [2.24, 2.45) is 0 Å². The molecule has 1 heterocycles. The van der Waals surface area contributed by atoms with Crippen LogP contribution in [-0.2, 0) is 19.4 Å². The van der Waals surface area contributed by atoms with Crippen LogP contribution in [0.15, 0.2) is 48.5 Å². The molecule has 0 saturated carbocycles. The molecule has 0 spiro atoms. The van der Waals surface area contributed by atoms with Crippen molar-refractivity contribution < 1.29 is 9.94 Å². The number of ether oxygens (including phenoxy) is 1. The molecule has 0 radical (unpaired) electrons. The Balaban J connectivity index is 1.52. The Morgan fingerprint density at radius 3 is 2.42 bits per heavy atom. The van der Waals surface area contributed by atoms with Crippen molar-refractivity contribution in [3.63, 3.8) is 0 Å². The molecule has 0 fully saturated rings. The second kappa shape index (κ2) is 9.18. The first-order chi connectivity index (χ1) is 15.0.